The molecule has 4 aromatic rings. The lowest BCUT2D eigenvalue weighted by molar-refractivity contribution is 0.392. The van der Waals surface area contributed by atoms with E-state index in [2.05, 4.69) is 6.92 Å². The summed E-state index contributed by atoms with van der Waals surface area (Å²) in [7, 11) is 4.89. The quantitative estimate of drug-likeness (QED) is 0.441. The van der Waals surface area contributed by atoms with Gasteiger partial charge in [-0.15, -0.1) is 0 Å². The molecule has 2 aromatic carbocycles. The molecule has 0 fully saturated rings. The van der Waals surface area contributed by atoms with E-state index in [-0.39, 0.29) is 23.7 Å². The molecule has 9 heteroatoms. The van der Waals surface area contributed by atoms with Crippen molar-refractivity contribution in [1.82, 2.24) is 18.7 Å². The van der Waals surface area contributed by atoms with Crippen LogP contribution in [0, 0.1) is 12.8 Å². The number of hydrogen-bond donors (Lipinski definition) is 0. The number of anilines is 2. The van der Waals surface area contributed by atoms with Gasteiger partial charge in [0, 0.05) is 26.2 Å². The van der Waals surface area contributed by atoms with Gasteiger partial charge in [0.1, 0.15) is 11.5 Å². The van der Waals surface area contributed by atoms with Crippen molar-refractivity contribution in [3.8, 4) is 11.5 Å². The Hall–Kier alpha value is -4.01. The summed E-state index contributed by atoms with van der Waals surface area (Å²) in [6.45, 7) is 5.63. The monoisotopic (exact) mass is 475 g/mol. The van der Waals surface area contributed by atoms with Crippen molar-refractivity contribution in [3.63, 3.8) is 0 Å². The number of imidazole rings is 1. The Morgan fingerprint density at radius 2 is 1.83 bits per heavy atom. The van der Waals surface area contributed by atoms with E-state index in [1.807, 2.05) is 58.9 Å². The molecule has 2 aromatic heterocycles. The molecule has 0 aliphatic carbocycles. The molecular weight excluding hydrogens is 446 g/mol. The fraction of sp³-hybridized carbons (Fsp3) is 0.346. The van der Waals surface area contributed by atoms with Crippen molar-refractivity contribution in [1.29, 1.82) is 0 Å². The SMILES string of the molecule is COc1ccc(N2C[C@@H](C)Cn3c2nc2c3c(=O)n(Cc3ccccc3C)c(=O)n2C)c(OC)c1. The molecule has 0 saturated heterocycles. The van der Waals surface area contributed by atoms with E-state index in [4.69, 9.17) is 14.5 Å². The highest BCUT2D eigenvalue weighted by Gasteiger charge is 2.31. The van der Waals surface area contributed by atoms with Crippen LogP contribution in [0.25, 0.3) is 11.2 Å². The lowest BCUT2D eigenvalue weighted by Gasteiger charge is -2.33. The largest absolute Gasteiger partial charge is 0.497 e. The summed E-state index contributed by atoms with van der Waals surface area (Å²) in [5.41, 5.74) is 2.87. The highest BCUT2D eigenvalue weighted by atomic mass is 16.5. The molecule has 9 nitrogen and oxygen atoms in total. The molecular formula is C26H29N5O4. The van der Waals surface area contributed by atoms with Crippen LogP contribution in [-0.4, -0.2) is 39.4 Å². The molecule has 3 heterocycles. The van der Waals surface area contributed by atoms with Gasteiger partial charge < -0.3 is 18.9 Å². The van der Waals surface area contributed by atoms with Gasteiger partial charge in [-0.2, -0.15) is 4.98 Å². The number of ether oxygens (including phenoxy) is 2. The maximum atomic E-state index is 13.7. The zero-order chi connectivity index (χ0) is 24.9. The number of hydrogen-bond acceptors (Lipinski definition) is 6. The van der Waals surface area contributed by atoms with Crippen LogP contribution in [0.4, 0.5) is 11.6 Å². The maximum Gasteiger partial charge on any atom is 0.332 e. The average molecular weight is 476 g/mol. The van der Waals surface area contributed by atoms with E-state index in [0.717, 1.165) is 16.8 Å². The van der Waals surface area contributed by atoms with Crippen LogP contribution in [0.5, 0.6) is 11.5 Å². The Labute approximate surface area is 202 Å². The lowest BCUT2D eigenvalue weighted by Crippen LogP contribution is -2.40. The van der Waals surface area contributed by atoms with Gasteiger partial charge in [-0.1, -0.05) is 31.2 Å². The molecule has 182 valence electrons. The van der Waals surface area contributed by atoms with Gasteiger partial charge in [0.05, 0.1) is 26.5 Å². The first kappa shape index (κ1) is 22.8. The molecule has 0 spiro atoms. The van der Waals surface area contributed by atoms with Crippen LogP contribution in [0.15, 0.2) is 52.1 Å². The third kappa shape index (κ3) is 3.67. The minimum absolute atomic E-state index is 0.209. The van der Waals surface area contributed by atoms with E-state index >= 15 is 0 Å². The van der Waals surface area contributed by atoms with Gasteiger partial charge in [0.2, 0.25) is 5.95 Å². The summed E-state index contributed by atoms with van der Waals surface area (Å²) < 4.78 is 15.7. The van der Waals surface area contributed by atoms with E-state index in [0.29, 0.717) is 41.7 Å². The summed E-state index contributed by atoms with van der Waals surface area (Å²) in [5, 5.41) is 0. The Morgan fingerprint density at radius 1 is 1.06 bits per heavy atom. The highest BCUT2D eigenvalue weighted by Crippen LogP contribution is 2.39. The van der Waals surface area contributed by atoms with Gasteiger partial charge in [0.15, 0.2) is 11.2 Å². The van der Waals surface area contributed by atoms with Gasteiger partial charge in [0.25, 0.3) is 5.56 Å². The highest BCUT2D eigenvalue weighted by molar-refractivity contribution is 5.78. The van der Waals surface area contributed by atoms with Crippen molar-refractivity contribution in [3.05, 3.63) is 74.4 Å². The number of aryl methyl sites for hydroxylation is 2. The van der Waals surface area contributed by atoms with Gasteiger partial charge in [-0.05, 0) is 36.1 Å². The second kappa shape index (κ2) is 8.65. The summed E-state index contributed by atoms with van der Waals surface area (Å²) in [4.78, 5) is 33.8. The predicted octanol–water partition coefficient (Wildman–Crippen LogP) is 3.06. The second-order valence-electron chi connectivity index (χ2n) is 9.11. The average Bonchev–Trinajstić information content (AvgIpc) is 3.25. The molecule has 35 heavy (non-hydrogen) atoms. The Bertz CT molecular complexity index is 1550. The van der Waals surface area contributed by atoms with Crippen LogP contribution in [0.2, 0.25) is 0 Å². The van der Waals surface area contributed by atoms with Crippen LogP contribution in [0.1, 0.15) is 18.1 Å². The first-order valence-corrected chi connectivity index (χ1v) is 11.6. The zero-order valence-electron chi connectivity index (χ0n) is 20.6. The number of methoxy groups -OCH3 is 2. The van der Waals surface area contributed by atoms with E-state index in [1.54, 1.807) is 21.3 Å². The fourth-order valence-electron chi connectivity index (χ4n) is 4.81. The number of nitrogens with zero attached hydrogens (tertiary/aromatic N) is 5. The topological polar surface area (TPSA) is 83.5 Å². The molecule has 5 rings (SSSR count). The minimum Gasteiger partial charge on any atom is -0.497 e. The van der Waals surface area contributed by atoms with Crippen molar-refractivity contribution < 1.29 is 9.47 Å². The molecule has 1 aliphatic rings. The minimum atomic E-state index is -0.386. The molecule has 0 N–H and O–H groups in total. The van der Waals surface area contributed by atoms with Gasteiger partial charge >= 0.3 is 5.69 Å². The number of aromatic nitrogens is 4. The lowest BCUT2D eigenvalue weighted by atomic mass is 10.1. The van der Waals surface area contributed by atoms with Crippen molar-refractivity contribution in [2.75, 3.05) is 25.7 Å². The molecule has 0 radical (unpaired) electrons. The van der Waals surface area contributed by atoms with Crippen molar-refractivity contribution in [2.45, 2.75) is 26.9 Å². The number of fused-ring (bicyclic) bond motifs is 3. The van der Waals surface area contributed by atoms with Crippen LogP contribution >= 0.6 is 0 Å². The van der Waals surface area contributed by atoms with Gasteiger partial charge in [-0.3, -0.25) is 13.9 Å². The Kier molecular flexibility index (Phi) is 5.62. The van der Waals surface area contributed by atoms with Crippen LogP contribution in [0.3, 0.4) is 0 Å². The first-order valence-electron chi connectivity index (χ1n) is 11.6. The molecule has 1 aliphatic heterocycles. The fourth-order valence-corrected chi connectivity index (χ4v) is 4.81. The van der Waals surface area contributed by atoms with Crippen molar-refractivity contribution in [2.24, 2.45) is 13.0 Å². The Morgan fingerprint density at radius 3 is 2.54 bits per heavy atom. The summed E-state index contributed by atoms with van der Waals surface area (Å²) in [6, 6.07) is 13.4. The smallest absolute Gasteiger partial charge is 0.332 e. The molecule has 0 amide bonds. The summed E-state index contributed by atoms with van der Waals surface area (Å²) in [6.07, 6.45) is 0. The molecule has 0 saturated carbocycles. The van der Waals surface area contributed by atoms with Crippen LogP contribution in [-0.2, 0) is 20.1 Å². The zero-order valence-corrected chi connectivity index (χ0v) is 20.6. The van der Waals surface area contributed by atoms with Gasteiger partial charge in [-0.25, -0.2) is 4.79 Å². The first-order chi connectivity index (χ1) is 16.8. The van der Waals surface area contributed by atoms with Crippen LogP contribution < -0.4 is 25.6 Å². The van der Waals surface area contributed by atoms with Crippen molar-refractivity contribution >= 4 is 22.8 Å². The standard InChI is InChI=1S/C26H29N5O4/c1-16-13-29(20-11-10-19(34-4)12-21(20)35-5)25-27-23-22(30(25)14-16)24(32)31(26(33)28(23)3)15-18-9-7-6-8-17(18)2/h6-12,16H,13-15H2,1-5H3/t16-/m1/s1. The normalized spacial score (nSPS) is 15.3. The Balaban J connectivity index is 1.72. The third-order valence-electron chi connectivity index (χ3n) is 6.71. The van der Waals surface area contributed by atoms with E-state index in [1.165, 1.54) is 9.13 Å². The summed E-state index contributed by atoms with van der Waals surface area (Å²) >= 11 is 0. The van der Waals surface area contributed by atoms with E-state index in [9.17, 15) is 9.59 Å². The number of rotatable bonds is 5. The maximum absolute atomic E-state index is 13.7. The second-order valence-corrected chi connectivity index (χ2v) is 9.11. The third-order valence-corrected chi connectivity index (χ3v) is 6.71. The summed E-state index contributed by atoms with van der Waals surface area (Å²) in [5.74, 6) is 2.17. The molecule has 0 bridgehead atoms. The molecule has 0 unspecified atom stereocenters. The number of benzene rings is 2. The predicted molar refractivity (Wildman–Crippen MR) is 135 cm³/mol. The van der Waals surface area contributed by atoms with E-state index < -0.39 is 0 Å². The molecule has 1 atom stereocenters.